The van der Waals surface area contributed by atoms with Crippen molar-refractivity contribution in [3.05, 3.63) is 70.9 Å². The van der Waals surface area contributed by atoms with Gasteiger partial charge in [0.25, 0.3) is 18.2 Å². The molecule has 11 heteroatoms. The van der Waals surface area contributed by atoms with Crippen molar-refractivity contribution in [1.29, 1.82) is 0 Å². The van der Waals surface area contributed by atoms with Crippen molar-refractivity contribution in [2.24, 2.45) is 0 Å². The Balaban J connectivity index is 1.78. The van der Waals surface area contributed by atoms with Crippen LogP contribution in [0, 0.1) is 0 Å². The van der Waals surface area contributed by atoms with Crippen LogP contribution in [0.15, 0.2) is 42.6 Å². The molecule has 152 valence electrons. The largest absolute Gasteiger partial charge is 0.478 e. The van der Waals surface area contributed by atoms with E-state index in [0.717, 1.165) is 15.8 Å². The monoisotopic (exact) mass is 413 g/mol. The Kier molecular flexibility index (Phi) is 4.57. The number of hydrogen-bond donors (Lipinski definition) is 1. The maximum absolute atomic E-state index is 13.3. The Morgan fingerprint density at radius 1 is 1.07 bits per heavy atom. The lowest BCUT2D eigenvalue weighted by Gasteiger charge is -2.22. The molecule has 0 aliphatic carbocycles. The smallest absolute Gasteiger partial charge is 0.337 e. The number of fused-ring (bicyclic) bond motifs is 1. The van der Waals surface area contributed by atoms with Crippen LogP contribution in [0.25, 0.3) is 5.82 Å². The Bertz CT molecular complexity index is 1140. The van der Waals surface area contributed by atoms with Gasteiger partial charge in [0.05, 0.1) is 22.7 Å². The van der Waals surface area contributed by atoms with Crippen molar-refractivity contribution in [2.75, 3.05) is 0 Å². The first-order valence-electron chi connectivity index (χ1n) is 8.71. The second-order valence-corrected chi connectivity index (χ2v) is 6.45. The van der Waals surface area contributed by atoms with Gasteiger partial charge in [0.2, 0.25) is 5.82 Å². The Labute approximate surface area is 167 Å². The highest BCUT2D eigenvalue weighted by Crippen LogP contribution is 2.32. The van der Waals surface area contributed by atoms with E-state index in [0.29, 0.717) is 0 Å². The first-order valence-corrected chi connectivity index (χ1v) is 8.71. The van der Waals surface area contributed by atoms with Crippen molar-refractivity contribution < 1.29 is 28.3 Å². The first-order chi connectivity index (χ1) is 14.3. The lowest BCUT2D eigenvalue weighted by Crippen LogP contribution is -2.34. The number of alkyl halides is 2. The fourth-order valence-electron chi connectivity index (χ4n) is 3.19. The van der Waals surface area contributed by atoms with Crippen LogP contribution in [-0.4, -0.2) is 47.5 Å². The zero-order valence-electron chi connectivity index (χ0n) is 15.4. The summed E-state index contributed by atoms with van der Waals surface area (Å²) >= 11 is 0. The number of carboxylic acids is 1. The quantitative estimate of drug-likeness (QED) is 0.639. The molecule has 0 saturated carbocycles. The van der Waals surface area contributed by atoms with Gasteiger partial charge in [-0.05, 0) is 31.2 Å². The molecular weight excluding hydrogens is 400 g/mol. The number of carboxylic acid groups (broad SMARTS) is 1. The third-order valence-corrected chi connectivity index (χ3v) is 4.64. The Morgan fingerprint density at radius 2 is 1.70 bits per heavy atom. The van der Waals surface area contributed by atoms with E-state index in [1.165, 1.54) is 31.2 Å². The van der Waals surface area contributed by atoms with Crippen molar-refractivity contribution >= 4 is 17.8 Å². The maximum Gasteiger partial charge on any atom is 0.337 e. The van der Waals surface area contributed by atoms with Gasteiger partial charge in [0.1, 0.15) is 0 Å². The fraction of sp³-hybridized carbons (Fsp3) is 0.158. The minimum atomic E-state index is -3.00. The lowest BCUT2D eigenvalue weighted by molar-refractivity contribution is 0.0585. The molecule has 1 aliphatic rings. The molecule has 0 fully saturated rings. The summed E-state index contributed by atoms with van der Waals surface area (Å²) < 4.78 is 27.5. The average molecular weight is 413 g/mol. The number of halogens is 2. The highest BCUT2D eigenvalue weighted by Gasteiger charge is 2.41. The third kappa shape index (κ3) is 3.00. The molecular formula is C19H13F2N5O4. The second kappa shape index (κ2) is 7.10. The standard InChI is InChI=1S/C19H13F2N5O4/c1-9(25-17(27)11-4-2-3-5-12(11)18(25)28)16-23-15(14(20)21)24-26(16)13-7-6-10(8-22-13)19(29)30/h2-9,14H,1H3,(H,29,30). The average Bonchev–Trinajstić information content (AvgIpc) is 3.29. The first kappa shape index (κ1) is 19.3. The minimum Gasteiger partial charge on any atom is -0.478 e. The summed E-state index contributed by atoms with van der Waals surface area (Å²) in [4.78, 5) is 45.2. The molecule has 0 spiro atoms. The van der Waals surface area contributed by atoms with Gasteiger partial charge in [-0.15, -0.1) is 5.10 Å². The van der Waals surface area contributed by atoms with Crippen LogP contribution in [0.4, 0.5) is 8.78 Å². The predicted molar refractivity (Wildman–Crippen MR) is 96.4 cm³/mol. The number of rotatable bonds is 5. The Morgan fingerprint density at radius 3 is 2.20 bits per heavy atom. The van der Waals surface area contributed by atoms with E-state index in [1.807, 2.05) is 0 Å². The van der Waals surface area contributed by atoms with Crippen LogP contribution >= 0.6 is 0 Å². The molecule has 3 aromatic rings. The summed E-state index contributed by atoms with van der Waals surface area (Å²) in [5, 5.41) is 12.7. The van der Waals surface area contributed by atoms with E-state index < -0.39 is 36.1 Å². The third-order valence-electron chi connectivity index (χ3n) is 4.64. The zero-order chi connectivity index (χ0) is 21.6. The van der Waals surface area contributed by atoms with Crippen molar-refractivity contribution in [3.8, 4) is 5.82 Å². The summed E-state index contributed by atoms with van der Waals surface area (Å²) in [6, 6.07) is 7.69. The number of benzene rings is 1. The number of amides is 2. The molecule has 2 aromatic heterocycles. The van der Waals surface area contributed by atoms with Crippen LogP contribution < -0.4 is 0 Å². The van der Waals surface area contributed by atoms with Crippen molar-refractivity contribution in [2.45, 2.75) is 19.4 Å². The van der Waals surface area contributed by atoms with E-state index >= 15 is 0 Å². The summed E-state index contributed by atoms with van der Waals surface area (Å²) in [6.07, 6.45) is -1.96. The molecule has 9 nitrogen and oxygen atoms in total. The van der Waals surface area contributed by atoms with Gasteiger partial charge < -0.3 is 5.11 Å². The molecule has 0 radical (unpaired) electrons. The normalized spacial score (nSPS) is 14.3. The van der Waals surface area contributed by atoms with Crippen LogP contribution in [0.1, 0.15) is 62.1 Å². The van der Waals surface area contributed by atoms with Crippen molar-refractivity contribution in [1.82, 2.24) is 24.6 Å². The van der Waals surface area contributed by atoms with Crippen molar-refractivity contribution in [3.63, 3.8) is 0 Å². The van der Waals surface area contributed by atoms with Crippen LogP contribution in [0.2, 0.25) is 0 Å². The number of carbonyl (C=O) groups is 3. The summed E-state index contributed by atoms with van der Waals surface area (Å²) in [6.45, 7) is 1.46. The fourth-order valence-corrected chi connectivity index (χ4v) is 3.19. The number of aromatic nitrogens is 4. The zero-order valence-corrected chi connectivity index (χ0v) is 15.4. The van der Waals surface area contributed by atoms with Gasteiger partial charge in [-0.25, -0.2) is 23.5 Å². The van der Waals surface area contributed by atoms with Crippen LogP contribution in [-0.2, 0) is 0 Å². The number of carbonyl (C=O) groups excluding carboxylic acids is 2. The molecule has 0 bridgehead atoms. The molecule has 1 atom stereocenters. The highest BCUT2D eigenvalue weighted by molar-refractivity contribution is 6.21. The number of aromatic carboxylic acids is 1. The summed E-state index contributed by atoms with van der Waals surface area (Å²) in [5.41, 5.74) is 0.305. The molecule has 3 heterocycles. The molecule has 4 rings (SSSR count). The van der Waals surface area contributed by atoms with E-state index in [4.69, 9.17) is 5.11 Å². The van der Waals surface area contributed by atoms with Gasteiger partial charge in [-0.1, -0.05) is 12.1 Å². The van der Waals surface area contributed by atoms with Gasteiger partial charge in [0.15, 0.2) is 11.6 Å². The molecule has 30 heavy (non-hydrogen) atoms. The van der Waals surface area contributed by atoms with Gasteiger partial charge >= 0.3 is 5.97 Å². The number of pyridine rings is 1. The van der Waals surface area contributed by atoms with Crippen LogP contribution in [0.3, 0.4) is 0 Å². The van der Waals surface area contributed by atoms with Gasteiger partial charge in [-0.3, -0.25) is 14.5 Å². The topological polar surface area (TPSA) is 118 Å². The molecule has 1 unspecified atom stereocenters. The molecule has 2 amide bonds. The minimum absolute atomic E-state index is 0.0119. The van der Waals surface area contributed by atoms with E-state index in [9.17, 15) is 23.2 Å². The predicted octanol–water partition coefficient (Wildman–Crippen LogP) is 2.66. The molecule has 1 aliphatic heterocycles. The maximum atomic E-state index is 13.3. The van der Waals surface area contributed by atoms with E-state index in [-0.39, 0.29) is 28.3 Å². The summed E-state index contributed by atoms with van der Waals surface area (Å²) in [5.74, 6) is -3.28. The van der Waals surface area contributed by atoms with Crippen LogP contribution in [0.5, 0.6) is 0 Å². The highest BCUT2D eigenvalue weighted by atomic mass is 19.3. The lowest BCUT2D eigenvalue weighted by atomic mass is 10.1. The number of hydrogen-bond acceptors (Lipinski definition) is 6. The molecule has 1 N–H and O–H groups in total. The van der Waals surface area contributed by atoms with Gasteiger partial charge in [0, 0.05) is 6.20 Å². The number of imide groups is 1. The Hall–Kier alpha value is -4.02. The molecule has 0 saturated heterocycles. The second-order valence-electron chi connectivity index (χ2n) is 6.45. The summed E-state index contributed by atoms with van der Waals surface area (Å²) in [7, 11) is 0. The van der Waals surface area contributed by atoms with Gasteiger partial charge in [-0.2, -0.15) is 4.68 Å². The molecule has 1 aromatic carbocycles. The van der Waals surface area contributed by atoms with E-state index in [1.54, 1.807) is 12.1 Å². The SMILES string of the molecule is CC(c1nc(C(F)F)nn1-c1ccc(C(=O)O)cn1)N1C(=O)c2ccccc2C1=O. The number of nitrogens with zero attached hydrogens (tertiary/aromatic N) is 5. The van der Waals surface area contributed by atoms with E-state index in [2.05, 4.69) is 15.1 Å².